The highest BCUT2D eigenvalue weighted by Crippen LogP contribution is 2.16. The van der Waals surface area contributed by atoms with E-state index < -0.39 is 0 Å². The molecule has 1 aromatic rings. The van der Waals surface area contributed by atoms with Crippen LogP contribution in [0.2, 0.25) is 0 Å². The number of primary amides is 1. The fraction of sp³-hybridized carbons (Fsp3) is 0.429. The summed E-state index contributed by atoms with van der Waals surface area (Å²) in [6.45, 7) is 1.51. The number of nitrogens with zero attached hydrogens (tertiary/aromatic N) is 1. The number of carbonyl (C=O) groups excluding carboxylic acids is 2. The van der Waals surface area contributed by atoms with Crippen LogP contribution in [0.1, 0.15) is 12.8 Å². The van der Waals surface area contributed by atoms with E-state index in [1.165, 1.54) is 24.3 Å². The van der Waals surface area contributed by atoms with Gasteiger partial charge in [-0.3, -0.25) is 14.5 Å². The smallest absolute Gasteiger partial charge is 0.238 e. The van der Waals surface area contributed by atoms with Crippen LogP contribution in [0.4, 0.5) is 10.1 Å². The molecular weight excluding hydrogens is 261 g/mol. The molecule has 3 N–H and O–H groups in total. The lowest BCUT2D eigenvalue weighted by Crippen LogP contribution is -2.44. The average molecular weight is 279 g/mol. The van der Waals surface area contributed by atoms with Crippen LogP contribution in [0.15, 0.2) is 24.3 Å². The zero-order chi connectivity index (χ0) is 14.5. The third-order valence-electron chi connectivity index (χ3n) is 3.40. The van der Waals surface area contributed by atoms with E-state index in [0.29, 0.717) is 12.2 Å². The van der Waals surface area contributed by atoms with Gasteiger partial charge in [-0.25, -0.2) is 4.39 Å². The second-order valence-corrected chi connectivity index (χ2v) is 5.03. The van der Waals surface area contributed by atoms with Gasteiger partial charge in [-0.15, -0.1) is 0 Å². The first kappa shape index (κ1) is 14.5. The summed E-state index contributed by atoms with van der Waals surface area (Å²) in [5.41, 5.74) is 5.85. The predicted molar refractivity (Wildman–Crippen MR) is 73.4 cm³/mol. The molecule has 0 aromatic heterocycles. The van der Waals surface area contributed by atoms with Gasteiger partial charge in [-0.05, 0) is 43.7 Å². The molecule has 1 aliphatic heterocycles. The molecule has 1 saturated heterocycles. The Hall–Kier alpha value is -1.95. The molecule has 1 aliphatic rings. The first-order chi connectivity index (χ1) is 9.54. The number of halogens is 1. The molecule has 0 unspecified atom stereocenters. The van der Waals surface area contributed by atoms with Gasteiger partial charge in [0.05, 0.1) is 12.5 Å². The fourth-order valence-corrected chi connectivity index (χ4v) is 2.37. The minimum atomic E-state index is -0.344. The van der Waals surface area contributed by atoms with E-state index in [1.54, 1.807) is 0 Å². The van der Waals surface area contributed by atoms with E-state index in [-0.39, 0.29) is 30.1 Å². The number of likely N-dealkylation sites (tertiary alicyclic amines) is 1. The molecule has 0 bridgehead atoms. The molecular formula is C14H18FN3O2. The van der Waals surface area contributed by atoms with Crippen molar-refractivity contribution < 1.29 is 14.0 Å². The van der Waals surface area contributed by atoms with Gasteiger partial charge in [0, 0.05) is 12.2 Å². The van der Waals surface area contributed by atoms with Crippen LogP contribution in [0.25, 0.3) is 0 Å². The van der Waals surface area contributed by atoms with Gasteiger partial charge in [0.15, 0.2) is 0 Å². The van der Waals surface area contributed by atoms with Crippen molar-refractivity contribution in [1.29, 1.82) is 0 Å². The van der Waals surface area contributed by atoms with Gasteiger partial charge in [-0.2, -0.15) is 0 Å². The average Bonchev–Trinajstić information content (AvgIpc) is 2.41. The Bertz CT molecular complexity index is 490. The number of anilines is 1. The number of benzene rings is 1. The number of carbonyl (C=O) groups is 2. The van der Waals surface area contributed by atoms with Crippen molar-refractivity contribution in [3.63, 3.8) is 0 Å². The summed E-state index contributed by atoms with van der Waals surface area (Å²) in [5, 5.41) is 2.70. The van der Waals surface area contributed by atoms with Crippen molar-refractivity contribution in [3.05, 3.63) is 30.1 Å². The molecule has 0 radical (unpaired) electrons. The normalized spacial score (nSPS) is 19.6. The summed E-state index contributed by atoms with van der Waals surface area (Å²) in [4.78, 5) is 25.0. The van der Waals surface area contributed by atoms with Crippen molar-refractivity contribution >= 4 is 17.5 Å². The Kier molecular flexibility index (Phi) is 4.68. The lowest BCUT2D eigenvalue weighted by Gasteiger charge is -2.30. The molecule has 0 aliphatic carbocycles. The Morgan fingerprint density at radius 3 is 2.70 bits per heavy atom. The van der Waals surface area contributed by atoms with E-state index >= 15 is 0 Å². The van der Waals surface area contributed by atoms with Crippen LogP contribution in [0.5, 0.6) is 0 Å². The Balaban J connectivity index is 1.85. The first-order valence-corrected chi connectivity index (χ1v) is 6.61. The minimum Gasteiger partial charge on any atom is -0.369 e. The quantitative estimate of drug-likeness (QED) is 0.862. The van der Waals surface area contributed by atoms with Gasteiger partial charge in [-0.1, -0.05) is 0 Å². The molecule has 2 rings (SSSR count). The maximum Gasteiger partial charge on any atom is 0.238 e. The van der Waals surface area contributed by atoms with Gasteiger partial charge in [0.2, 0.25) is 11.8 Å². The van der Waals surface area contributed by atoms with Crippen LogP contribution in [-0.2, 0) is 9.59 Å². The topological polar surface area (TPSA) is 75.4 Å². The fourth-order valence-electron chi connectivity index (χ4n) is 2.37. The number of amides is 2. The molecule has 0 saturated carbocycles. The molecule has 6 heteroatoms. The first-order valence-electron chi connectivity index (χ1n) is 6.61. The van der Waals surface area contributed by atoms with Crippen LogP contribution in [0.3, 0.4) is 0 Å². The summed E-state index contributed by atoms with van der Waals surface area (Å²) in [6, 6.07) is 5.60. The molecule has 108 valence electrons. The Morgan fingerprint density at radius 2 is 2.05 bits per heavy atom. The van der Waals surface area contributed by atoms with E-state index in [0.717, 1.165) is 19.4 Å². The Morgan fingerprint density at radius 1 is 1.35 bits per heavy atom. The molecule has 0 spiro atoms. The van der Waals surface area contributed by atoms with Gasteiger partial charge >= 0.3 is 0 Å². The van der Waals surface area contributed by atoms with Crippen LogP contribution >= 0.6 is 0 Å². The highest BCUT2D eigenvalue weighted by molar-refractivity contribution is 5.92. The molecule has 2 amide bonds. The molecule has 1 aromatic carbocycles. The maximum absolute atomic E-state index is 12.8. The predicted octanol–water partition coefficient (Wildman–Crippen LogP) is 0.961. The minimum absolute atomic E-state index is 0.178. The van der Waals surface area contributed by atoms with Gasteiger partial charge < -0.3 is 11.1 Å². The van der Waals surface area contributed by atoms with Gasteiger partial charge in [0.25, 0.3) is 0 Å². The highest BCUT2D eigenvalue weighted by Gasteiger charge is 2.25. The number of nitrogens with two attached hydrogens (primary N) is 1. The van der Waals surface area contributed by atoms with E-state index in [4.69, 9.17) is 5.73 Å². The van der Waals surface area contributed by atoms with Crippen molar-refractivity contribution in [1.82, 2.24) is 4.90 Å². The zero-order valence-electron chi connectivity index (χ0n) is 11.1. The SMILES string of the molecule is NC(=O)[C@H]1CCCN(CC(=O)Nc2ccc(F)cc2)C1. The second-order valence-electron chi connectivity index (χ2n) is 5.03. The molecule has 20 heavy (non-hydrogen) atoms. The summed E-state index contributed by atoms with van der Waals surface area (Å²) in [5.74, 6) is -1.01. The number of piperidine rings is 1. The van der Waals surface area contributed by atoms with Crippen molar-refractivity contribution in [2.45, 2.75) is 12.8 Å². The highest BCUT2D eigenvalue weighted by atomic mass is 19.1. The van der Waals surface area contributed by atoms with Crippen molar-refractivity contribution in [2.75, 3.05) is 25.0 Å². The molecule has 5 nitrogen and oxygen atoms in total. The third kappa shape index (κ3) is 4.03. The summed E-state index contributed by atoms with van der Waals surface area (Å²) in [6.07, 6.45) is 1.64. The van der Waals surface area contributed by atoms with E-state index in [9.17, 15) is 14.0 Å². The van der Waals surface area contributed by atoms with E-state index in [1.807, 2.05) is 4.90 Å². The summed E-state index contributed by atoms with van der Waals surface area (Å²) in [7, 11) is 0. The number of hydrogen-bond donors (Lipinski definition) is 2. The lowest BCUT2D eigenvalue weighted by molar-refractivity contribution is -0.125. The van der Waals surface area contributed by atoms with Crippen molar-refractivity contribution in [3.8, 4) is 0 Å². The Labute approximate surface area is 116 Å². The van der Waals surface area contributed by atoms with Crippen LogP contribution < -0.4 is 11.1 Å². The van der Waals surface area contributed by atoms with Gasteiger partial charge in [0.1, 0.15) is 5.82 Å². The lowest BCUT2D eigenvalue weighted by atomic mass is 9.97. The zero-order valence-corrected chi connectivity index (χ0v) is 11.1. The van der Waals surface area contributed by atoms with Crippen LogP contribution in [-0.4, -0.2) is 36.3 Å². The third-order valence-corrected chi connectivity index (χ3v) is 3.40. The number of hydrogen-bond acceptors (Lipinski definition) is 3. The summed E-state index contributed by atoms with van der Waals surface area (Å²) >= 11 is 0. The number of rotatable bonds is 4. The molecule has 1 heterocycles. The molecule has 1 fully saturated rings. The largest absolute Gasteiger partial charge is 0.369 e. The number of nitrogens with one attached hydrogen (secondary N) is 1. The maximum atomic E-state index is 12.8. The summed E-state index contributed by atoms with van der Waals surface area (Å²) < 4.78 is 12.8. The van der Waals surface area contributed by atoms with E-state index in [2.05, 4.69) is 5.32 Å². The van der Waals surface area contributed by atoms with Crippen LogP contribution in [0, 0.1) is 11.7 Å². The standard InChI is InChI=1S/C14H18FN3O2/c15-11-3-5-12(6-4-11)17-13(19)9-18-7-1-2-10(8-18)14(16)20/h3-6,10H,1-2,7-9H2,(H2,16,20)(H,17,19)/t10-/m0/s1. The second kappa shape index (κ2) is 6.47. The monoisotopic (exact) mass is 279 g/mol. The van der Waals surface area contributed by atoms with Crippen molar-refractivity contribution in [2.24, 2.45) is 11.7 Å². The molecule has 1 atom stereocenters.